The zero-order chi connectivity index (χ0) is 25.5. The molecule has 8 nitrogen and oxygen atoms in total. The lowest BCUT2D eigenvalue weighted by Gasteiger charge is -2.32. The zero-order valence-corrected chi connectivity index (χ0v) is 20.9. The largest absolute Gasteiger partial charge is 0.495 e. The third kappa shape index (κ3) is 6.93. The number of benzene rings is 2. The summed E-state index contributed by atoms with van der Waals surface area (Å²) in [5.74, 6) is -1.34. The molecule has 0 aliphatic rings. The molecule has 0 aromatic heterocycles. The molecule has 34 heavy (non-hydrogen) atoms. The van der Waals surface area contributed by atoms with Crippen LogP contribution in [0.4, 0.5) is 10.1 Å². The van der Waals surface area contributed by atoms with Crippen LogP contribution in [0.3, 0.4) is 0 Å². The number of nitrogens with zero attached hydrogens (tertiary/aromatic N) is 2. The number of amides is 2. The maximum atomic E-state index is 14.4. The molecule has 0 aliphatic heterocycles. The first-order valence-electron chi connectivity index (χ1n) is 10.9. The van der Waals surface area contributed by atoms with E-state index in [0.29, 0.717) is 6.42 Å². The lowest BCUT2D eigenvalue weighted by Crippen LogP contribution is -2.52. The molecule has 2 rings (SSSR count). The van der Waals surface area contributed by atoms with Crippen LogP contribution in [0, 0.1) is 5.82 Å². The van der Waals surface area contributed by atoms with E-state index >= 15 is 0 Å². The molecule has 0 bridgehead atoms. The van der Waals surface area contributed by atoms with Gasteiger partial charge < -0.3 is 15.0 Å². The first kappa shape index (κ1) is 27.1. The number of para-hydroxylation sites is 2. The van der Waals surface area contributed by atoms with E-state index in [1.807, 2.05) is 13.8 Å². The summed E-state index contributed by atoms with van der Waals surface area (Å²) < 4.78 is 45.8. The number of carbonyl (C=O) groups is 2. The minimum absolute atomic E-state index is 0.124. The van der Waals surface area contributed by atoms with Gasteiger partial charge in [-0.15, -0.1) is 0 Å². The fraction of sp³-hybridized carbons (Fsp3) is 0.417. The molecular formula is C24H32FN3O5S. The maximum Gasteiger partial charge on any atom is 0.244 e. The Labute approximate surface area is 200 Å². The average Bonchev–Trinajstić information content (AvgIpc) is 2.80. The Bertz CT molecular complexity index is 1110. The fourth-order valence-corrected chi connectivity index (χ4v) is 4.14. The van der Waals surface area contributed by atoms with Gasteiger partial charge in [-0.1, -0.05) is 37.3 Å². The molecule has 0 radical (unpaired) electrons. The van der Waals surface area contributed by atoms with Gasteiger partial charge >= 0.3 is 0 Å². The predicted molar refractivity (Wildman–Crippen MR) is 129 cm³/mol. The molecule has 0 saturated carbocycles. The number of hydrogen-bond donors (Lipinski definition) is 1. The monoisotopic (exact) mass is 493 g/mol. The second-order valence-corrected chi connectivity index (χ2v) is 9.96. The number of halogens is 1. The first-order valence-corrected chi connectivity index (χ1v) is 12.8. The predicted octanol–water partition coefficient (Wildman–Crippen LogP) is 2.93. The van der Waals surface area contributed by atoms with Crippen molar-refractivity contribution in [3.05, 3.63) is 59.9 Å². The van der Waals surface area contributed by atoms with Crippen molar-refractivity contribution in [2.24, 2.45) is 0 Å². The minimum atomic E-state index is -3.90. The van der Waals surface area contributed by atoms with Crippen LogP contribution in [-0.4, -0.2) is 57.1 Å². The summed E-state index contributed by atoms with van der Waals surface area (Å²) in [6, 6.07) is 11.2. The van der Waals surface area contributed by atoms with Gasteiger partial charge in [0.1, 0.15) is 24.2 Å². The molecule has 1 N–H and O–H groups in total. The van der Waals surface area contributed by atoms with Crippen molar-refractivity contribution in [1.82, 2.24) is 10.2 Å². The van der Waals surface area contributed by atoms with Gasteiger partial charge in [0.25, 0.3) is 0 Å². The van der Waals surface area contributed by atoms with E-state index < -0.39 is 40.2 Å². The number of methoxy groups -OCH3 is 1. The second-order valence-electron chi connectivity index (χ2n) is 8.05. The Morgan fingerprint density at radius 3 is 2.29 bits per heavy atom. The van der Waals surface area contributed by atoms with Gasteiger partial charge in [0.05, 0.1) is 19.1 Å². The molecule has 2 atom stereocenters. The zero-order valence-electron chi connectivity index (χ0n) is 20.1. The Kier molecular flexibility index (Phi) is 9.43. The molecule has 10 heteroatoms. The highest BCUT2D eigenvalue weighted by Crippen LogP contribution is 2.29. The first-order chi connectivity index (χ1) is 16.0. The summed E-state index contributed by atoms with van der Waals surface area (Å²) >= 11 is 0. The molecule has 0 spiro atoms. The van der Waals surface area contributed by atoms with Crippen molar-refractivity contribution in [2.75, 3.05) is 24.2 Å². The van der Waals surface area contributed by atoms with E-state index in [1.165, 1.54) is 43.2 Å². The summed E-state index contributed by atoms with van der Waals surface area (Å²) in [7, 11) is -2.50. The van der Waals surface area contributed by atoms with Crippen LogP contribution in [0.5, 0.6) is 5.75 Å². The quantitative estimate of drug-likeness (QED) is 0.519. The highest BCUT2D eigenvalue weighted by atomic mass is 32.2. The molecule has 186 valence electrons. The van der Waals surface area contributed by atoms with Crippen molar-refractivity contribution < 1.29 is 27.1 Å². The number of nitrogens with one attached hydrogen (secondary N) is 1. The van der Waals surface area contributed by atoms with Crippen LogP contribution in [0.2, 0.25) is 0 Å². The van der Waals surface area contributed by atoms with Crippen LogP contribution in [0.1, 0.15) is 32.8 Å². The lowest BCUT2D eigenvalue weighted by molar-refractivity contribution is -0.139. The summed E-state index contributed by atoms with van der Waals surface area (Å²) in [4.78, 5) is 27.5. The van der Waals surface area contributed by atoms with E-state index in [2.05, 4.69) is 5.32 Å². The van der Waals surface area contributed by atoms with Crippen molar-refractivity contribution in [3.8, 4) is 5.75 Å². The van der Waals surface area contributed by atoms with Crippen LogP contribution >= 0.6 is 0 Å². The average molecular weight is 494 g/mol. The highest BCUT2D eigenvalue weighted by Gasteiger charge is 2.31. The third-order valence-electron chi connectivity index (χ3n) is 5.50. The second kappa shape index (κ2) is 11.8. The summed E-state index contributed by atoms with van der Waals surface area (Å²) in [6.45, 7) is 4.49. The van der Waals surface area contributed by atoms with E-state index in [9.17, 15) is 22.4 Å². The van der Waals surface area contributed by atoms with Gasteiger partial charge in [-0.25, -0.2) is 12.8 Å². The smallest absolute Gasteiger partial charge is 0.244 e. The molecule has 0 unspecified atom stereocenters. The molecule has 2 aromatic rings. The molecule has 2 amide bonds. The van der Waals surface area contributed by atoms with Crippen LogP contribution in [0.15, 0.2) is 48.5 Å². The van der Waals surface area contributed by atoms with Gasteiger partial charge in [0.2, 0.25) is 21.8 Å². The van der Waals surface area contributed by atoms with E-state index in [-0.39, 0.29) is 29.6 Å². The molecule has 0 heterocycles. The summed E-state index contributed by atoms with van der Waals surface area (Å²) in [5.41, 5.74) is 0.394. The normalized spacial score (nSPS) is 13.0. The minimum Gasteiger partial charge on any atom is -0.495 e. The van der Waals surface area contributed by atoms with Crippen LogP contribution in [0.25, 0.3) is 0 Å². The van der Waals surface area contributed by atoms with E-state index in [0.717, 1.165) is 10.6 Å². The van der Waals surface area contributed by atoms with Crippen LogP contribution < -0.4 is 14.4 Å². The maximum absolute atomic E-state index is 14.4. The van der Waals surface area contributed by atoms with E-state index in [1.54, 1.807) is 24.3 Å². The Hall–Kier alpha value is -3.14. The molecule has 0 aliphatic carbocycles. The number of ether oxygens (including phenoxy) is 1. The number of sulfonamides is 1. The topological polar surface area (TPSA) is 96.0 Å². The van der Waals surface area contributed by atoms with Crippen molar-refractivity contribution in [3.63, 3.8) is 0 Å². The summed E-state index contributed by atoms with van der Waals surface area (Å²) in [5, 5.41) is 2.82. The van der Waals surface area contributed by atoms with E-state index in [4.69, 9.17) is 4.74 Å². The van der Waals surface area contributed by atoms with Crippen LogP contribution in [-0.2, 0) is 26.2 Å². The van der Waals surface area contributed by atoms with Crippen molar-refractivity contribution >= 4 is 27.5 Å². The lowest BCUT2D eigenvalue weighted by atomic mass is 10.1. The van der Waals surface area contributed by atoms with Gasteiger partial charge in [-0.3, -0.25) is 13.9 Å². The standard InChI is InChI=1S/C24H32FN3O5S/c1-6-17(2)26-24(30)18(3)27(15-19-11-7-8-12-20(19)25)23(29)16-28(34(5,31)32)21-13-9-10-14-22(21)33-4/h7-14,17-18H,6,15-16H2,1-5H3,(H,26,30)/t17-,18+/m0/s1. The van der Waals surface area contributed by atoms with Gasteiger partial charge in [0.15, 0.2) is 0 Å². The number of hydrogen-bond acceptors (Lipinski definition) is 5. The Morgan fingerprint density at radius 2 is 1.71 bits per heavy atom. The number of anilines is 1. The highest BCUT2D eigenvalue weighted by molar-refractivity contribution is 7.92. The number of carbonyl (C=O) groups excluding carboxylic acids is 2. The Morgan fingerprint density at radius 1 is 1.09 bits per heavy atom. The third-order valence-corrected chi connectivity index (χ3v) is 6.63. The molecule has 0 fully saturated rings. The number of rotatable bonds is 11. The fourth-order valence-electron chi connectivity index (χ4n) is 3.29. The Balaban J connectivity index is 2.44. The SMILES string of the molecule is CC[C@H](C)NC(=O)[C@@H](C)N(Cc1ccccc1F)C(=O)CN(c1ccccc1OC)S(C)(=O)=O. The van der Waals surface area contributed by atoms with Gasteiger partial charge in [-0.2, -0.15) is 0 Å². The van der Waals surface area contributed by atoms with Crippen molar-refractivity contribution in [1.29, 1.82) is 0 Å². The summed E-state index contributed by atoms with van der Waals surface area (Å²) in [6.07, 6.45) is 1.67. The molecule has 2 aromatic carbocycles. The van der Waals surface area contributed by atoms with Gasteiger partial charge in [0, 0.05) is 18.2 Å². The van der Waals surface area contributed by atoms with Crippen molar-refractivity contribution in [2.45, 2.75) is 45.8 Å². The molecule has 0 saturated heterocycles. The molecular weight excluding hydrogens is 461 g/mol. The van der Waals surface area contributed by atoms with Gasteiger partial charge in [-0.05, 0) is 38.5 Å².